The van der Waals surface area contributed by atoms with Crippen molar-refractivity contribution in [2.75, 3.05) is 31.6 Å². The summed E-state index contributed by atoms with van der Waals surface area (Å²) in [5.41, 5.74) is 3.45. The molecule has 0 saturated carbocycles. The molecular weight excluding hydrogens is 316 g/mol. The Morgan fingerprint density at radius 3 is 2.92 bits per heavy atom. The molecule has 0 aliphatic carbocycles. The molecule has 0 bridgehead atoms. The molecule has 3 rings (SSSR count). The summed E-state index contributed by atoms with van der Waals surface area (Å²) >= 11 is 0. The number of rotatable bonds is 5. The molecule has 0 amide bonds. The molecule has 1 aliphatic rings. The maximum absolute atomic E-state index is 12.4. The fraction of sp³-hybridized carbons (Fsp3) is 0.474. The van der Waals surface area contributed by atoms with E-state index in [1.165, 1.54) is 7.11 Å². The van der Waals surface area contributed by atoms with Crippen molar-refractivity contribution in [3.8, 4) is 11.1 Å². The van der Waals surface area contributed by atoms with Gasteiger partial charge in [-0.3, -0.25) is 5.10 Å². The number of aromatic nitrogens is 2. The third-order valence-corrected chi connectivity index (χ3v) is 4.59. The van der Waals surface area contributed by atoms with Crippen LogP contribution in [0.4, 0.5) is 5.69 Å². The van der Waals surface area contributed by atoms with Gasteiger partial charge in [-0.1, -0.05) is 19.9 Å². The molecule has 0 spiro atoms. The van der Waals surface area contributed by atoms with Gasteiger partial charge in [-0.25, -0.2) is 4.79 Å². The number of hydrogen-bond donors (Lipinski definition) is 2. The van der Waals surface area contributed by atoms with Crippen molar-refractivity contribution < 1.29 is 9.53 Å². The van der Waals surface area contributed by atoms with Crippen LogP contribution in [0.3, 0.4) is 0 Å². The highest BCUT2D eigenvalue weighted by Crippen LogP contribution is 2.29. The molecule has 1 atom stereocenters. The van der Waals surface area contributed by atoms with Crippen molar-refractivity contribution in [3.63, 3.8) is 0 Å². The fourth-order valence-corrected chi connectivity index (χ4v) is 3.44. The molecule has 2 aromatic rings. The number of benzene rings is 1. The number of carbonyl (C=O) groups excluding carboxylic acids is 1. The van der Waals surface area contributed by atoms with E-state index < -0.39 is 0 Å². The first-order chi connectivity index (χ1) is 12.1. The van der Waals surface area contributed by atoms with Gasteiger partial charge in [0.2, 0.25) is 0 Å². The predicted octanol–water partition coefficient (Wildman–Crippen LogP) is 2.69. The van der Waals surface area contributed by atoms with Gasteiger partial charge in [-0.15, -0.1) is 0 Å². The number of aromatic amines is 1. The van der Waals surface area contributed by atoms with Crippen molar-refractivity contribution in [2.45, 2.75) is 26.3 Å². The van der Waals surface area contributed by atoms with Crippen LogP contribution >= 0.6 is 0 Å². The first-order valence-corrected chi connectivity index (χ1v) is 8.78. The molecule has 6 heteroatoms. The van der Waals surface area contributed by atoms with Crippen molar-refractivity contribution >= 4 is 11.7 Å². The molecule has 1 aromatic heterocycles. The summed E-state index contributed by atoms with van der Waals surface area (Å²) in [5, 5.41) is 10.4. The Labute approximate surface area is 148 Å². The highest BCUT2D eigenvalue weighted by molar-refractivity contribution is 5.97. The van der Waals surface area contributed by atoms with Gasteiger partial charge in [0.25, 0.3) is 0 Å². The maximum atomic E-state index is 12.4. The van der Waals surface area contributed by atoms with Crippen LogP contribution in [-0.4, -0.2) is 49.0 Å². The number of H-pyrrole nitrogens is 1. The SMILES string of the molecule is COC(=O)c1cc(-c2cn[nH]c2)ccc1N1CCNC(CC(C)C)C1. The minimum atomic E-state index is -0.306. The van der Waals surface area contributed by atoms with Crippen LogP contribution in [0.1, 0.15) is 30.6 Å². The normalized spacial score (nSPS) is 17.8. The first kappa shape index (κ1) is 17.5. The van der Waals surface area contributed by atoms with E-state index in [9.17, 15) is 4.79 Å². The van der Waals surface area contributed by atoms with Crippen LogP contribution in [0, 0.1) is 5.92 Å². The molecule has 2 heterocycles. The highest BCUT2D eigenvalue weighted by Gasteiger charge is 2.24. The second-order valence-electron chi connectivity index (χ2n) is 6.94. The molecule has 1 unspecified atom stereocenters. The quantitative estimate of drug-likeness (QED) is 0.818. The summed E-state index contributed by atoms with van der Waals surface area (Å²) in [5.74, 6) is 0.334. The van der Waals surface area contributed by atoms with Gasteiger partial charge >= 0.3 is 5.97 Å². The molecule has 1 fully saturated rings. The number of esters is 1. The molecule has 134 valence electrons. The van der Waals surface area contributed by atoms with E-state index in [2.05, 4.69) is 34.3 Å². The number of hydrogen-bond acceptors (Lipinski definition) is 5. The van der Waals surface area contributed by atoms with E-state index in [0.717, 1.165) is 42.9 Å². The molecular formula is C19H26N4O2. The average Bonchev–Trinajstić information content (AvgIpc) is 3.15. The monoisotopic (exact) mass is 342 g/mol. The van der Waals surface area contributed by atoms with E-state index in [1.54, 1.807) is 6.20 Å². The number of ether oxygens (including phenoxy) is 1. The Bertz CT molecular complexity index is 712. The van der Waals surface area contributed by atoms with E-state index in [1.807, 2.05) is 24.4 Å². The highest BCUT2D eigenvalue weighted by atomic mass is 16.5. The van der Waals surface area contributed by atoms with Crippen molar-refractivity contribution in [1.82, 2.24) is 15.5 Å². The average molecular weight is 342 g/mol. The minimum Gasteiger partial charge on any atom is -0.465 e. The number of anilines is 1. The summed E-state index contributed by atoms with van der Waals surface area (Å²) in [6.45, 7) is 7.17. The summed E-state index contributed by atoms with van der Waals surface area (Å²) in [7, 11) is 1.43. The third-order valence-electron chi connectivity index (χ3n) is 4.59. The van der Waals surface area contributed by atoms with Crippen LogP contribution in [0.25, 0.3) is 11.1 Å². The Balaban J connectivity index is 1.90. The fourth-order valence-electron chi connectivity index (χ4n) is 3.44. The van der Waals surface area contributed by atoms with E-state index in [-0.39, 0.29) is 5.97 Å². The molecule has 6 nitrogen and oxygen atoms in total. The largest absolute Gasteiger partial charge is 0.465 e. The van der Waals surface area contributed by atoms with Crippen LogP contribution in [-0.2, 0) is 4.74 Å². The van der Waals surface area contributed by atoms with E-state index in [0.29, 0.717) is 17.5 Å². The summed E-state index contributed by atoms with van der Waals surface area (Å²) in [6.07, 6.45) is 4.69. The van der Waals surface area contributed by atoms with Crippen molar-refractivity contribution in [1.29, 1.82) is 0 Å². The van der Waals surface area contributed by atoms with Crippen molar-refractivity contribution in [3.05, 3.63) is 36.2 Å². The van der Waals surface area contributed by atoms with Gasteiger partial charge in [0.05, 0.1) is 24.6 Å². The van der Waals surface area contributed by atoms with Crippen LogP contribution in [0.15, 0.2) is 30.6 Å². The standard InChI is InChI=1S/C19H26N4O2/c1-13(2)8-16-12-23(7-6-20-16)18-5-4-14(15-10-21-22-11-15)9-17(18)19(24)25-3/h4-5,9-11,13,16,20H,6-8,12H2,1-3H3,(H,21,22). The van der Waals surface area contributed by atoms with Crippen LogP contribution in [0.2, 0.25) is 0 Å². The Morgan fingerprint density at radius 2 is 2.24 bits per heavy atom. The Kier molecular flexibility index (Phi) is 5.38. The number of carbonyl (C=O) groups is 1. The van der Waals surface area contributed by atoms with Gasteiger partial charge < -0.3 is 15.0 Å². The lowest BCUT2D eigenvalue weighted by molar-refractivity contribution is 0.0601. The summed E-state index contributed by atoms with van der Waals surface area (Å²) < 4.78 is 5.03. The van der Waals surface area contributed by atoms with Gasteiger partial charge in [0.1, 0.15) is 0 Å². The lowest BCUT2D eigenvalue weighted by Crippen LogP contribution is -2.51. The molecule has 1 aliphatic heterocycles. The molecule has 2 N–H and O–H groups in total. The third kappa shape index (κ3) is 4.02. The lowest BCUT2D eigenvalue weighted by atomic mass is 9.99. The lowest BCUT2D eigenvalue weighted by Gasteiger charge is -2.36. The van der Waals surface area contributed by atoms with Gasteiger partial charge in [-0.05, 0) is 30.0 Å². The molecule has 0 radical (unpaired) electrons. The summed E-state index contributed by atoms with van der Waals surface area (Å²) in [6, 6.07) is 6.39. The zero-order valence-corrected chi connectivity index (χ0v) is 15.1. The topological polar surface area (TPSA) is 70.2 Å². The van der Waals surface area contributed by atoms with Crippen molar-refractivity contribution in [2.24, 2.45) is 5.92 Å². The number of methoxy groups -OCH3 is 1. The maximum Gasteiger partial charge on any atom is 0.339 e. The predicted molar refractivity (Wildman–Crippen MR) is 98.8 cm³/mol. The van der Waals surface area contributed by atoms with Gasteiger partial charge in [0.15, 0.2) is 0 Å². The molecule has 25 heavy (non-hydrogen) atoms. The second kappa shape index (κ2) is 7.70. The number of piperazine rings is 1. The molecule has 1 aromatic carbocycles. The van der Waals surface area contributed by atoms with Gasteiger partial charge in [-0.2, -0.15) is 5.10 Å². The van der Waals surface area contributed by atoms with Crippen LogP contribution < -0.4 is 10.2 Å². The Hall–Kier alpha value is -2.34. The smallest absolute Gasteiger partial charge is 0.339 e. The number of nitrogens with one attached hydrogen (secondary N) is 2. The van der Waals surface area contributed by atoms with Gasteiger partial charge in [0, 0.05) is 37.4 Å². The minimum absolute atomic E-state index is 0.306. The van der Waals surface area contributed by atoms with Crippen LogP contribution in [0.5, 0.6) is 0 Å². The zero-order valence-electron chi connectivity index (χ0n) is 15.1. The number of nitrogens with zero attached hydrogens (tertiary/aromatic N) is 2. The Morgan fingerprint density at radius 1 is 1.40 bits per heavy atom. The van der Waals surface area contributed by atoms with E-state index >= 15 is 0 Å². The summed E-state index contributed by atoms with van der Waals surface area (Å²) in [4.78, 5) is 14.7. The first-order valence-electron chi connectivity index (χ1n) is 8.78. The molecule has 1 saturated heterocycles. The zero-order chi connectivity index (χ0) is 17.8. The van der Waals surface area contributed by atoms with E-state index in [4.69, 9.17) is 4.74 Å². The second-order valence-corrected chi connectivity index (χ2v) is 6.94.